The molecule has 10 nitrogen and oxygen atoms in total. The molecule has 0 spiro atoms. The van der Waals surface area contributed by atoms with E-state index in [4.69, 9.17) is 4.74 Å². The fraction of sp³-hybridized carbons (Fsp3) is 0.462. The summed E-state index contributed by atoms with van der Waals surface area (Å²) in [5.41, 5.74) is 1.14. The highest BCUT2D eigenvalue weighted by atomic mass is 16.5. The first kappa shape index (κ1) is 26.9. The van der Waals surface area contributed by atoms with Crippen molar-refractivity contribution in [2.24, 2.45) is 5.92 Å². The largest absolute Gasteiger partial charge is 0.487 e. The van der Waals surface area contributed by atoms with E-state index in [0.717, 1.165) is 0 Å². The van der Waals surface area contributed by atoms with Crippen LogP contribution in [0, 0.1) is 5.92 Å². The lowest BCUT2D eigenvalue weighted by molar-refractivity contribution is 0.0366. The second-order valence-electron chi connectivity index (χ2n) is 9.51. The van der Waals surface area contributed by atoms with Crippen molar-refractivity contribution in [2.45, 2.75) is 45.9 Å². The Hall–Kier alpha value is -3.66. The average molecular weight is 498 g/mol. The van der Waals surface area contributed by atoms with E-state index in [2.05, 4.69) is 15.6 Å². The van der Waals surface area contributed by atoms with E-state index >= 15 is 0 Å². The SMILES string of the molecule is CC(C)NC(=O)N(C)C[C@H]1Oc2ccc(NC(=O)c3ccncc3)cc2C(=O)N([C@@H](C)CO)C[C@H]1C. The standard InChI is InChI=1S/C26H35N5O5/c1-16(2)28-26(35)30(5)14-23-17(3)13-31(18(4)15-32)25(34)21-12-20(6-7-22(21)36-23)29-24(33)19-8-10-27-11-9-19/h6-12,16-18,23,32H,13-15H2,1-5H3,(H,28,35)(H,29,33)/t17-,18+,23-/m1/s1. The van der Waals surface area contributed by atoms with Crippen molar-refractivity contribution in [1.82, 2.24) is 20.1 Å². The number of hydrogen-bond donors (Lipinski definition) is 3. The molecule has 0 saturated heterocycles. The van der Waals surface area contributed by atoms with Crippen molar-refractivity contribution < 1.29 is 24.2 Å². The van der Waals surface area contributed by atoms with E-state index in [1.807, 2.05) is 20.8 Å². The molecule has 2 aromatic rings. The molecule has 1 aromatic heterocycles. The van der Waals surface area contributed by atoms with Crippen LogP contribution in [0.4, 0.5) is 10.5 Å². The number of carbonyl (C=O) groups is 3. The van der Waals surface area contributed by atoms with Crippen molar-refractivity contribution >= 4 is 23.5 Å². The number of rotatable bonds is 7. The van der Waals surface area contributed by atoms with Gasteiger partial charge in [-0.05, 0) is 51.1 Å². The summed E-state index contributed by atoms with van der Waals surface area (Å²) < 4.78 is 6.30. The van der Waals surface area contributed by atoms with Crippen LogP contribution in [0.3, 0.4) is 0 Å². The van der Waals surface area contributed by atoms with Crippen LogP contribution in [0.5, 0.6) is 5.75 Å². The third-order valence-corrected chi connectivity index (χ3v) is 6.08. The normalized spacial score (nSPS) is 18.4. The van der Waals surface area contributed by atoms with Gasteiger partial charge >= 0.3 is 6.03 Å². The van der Waals surface area contributed by atoms with Gasteiger partial charge in [0.05, 0.1) is 24.8 Å². The first-order valence-corrected chi connectivity index (χ1v) is 12.1. The van der Waals surface area contributed by atoms with Gasteiger partial charge in [0, 0.05) is 49.2 Å². The molecule has 2 heterocycles. The van der Waals surface area contributed by atoms with Crippen LogP contribution in [0.2, 0.25) is 0 Å². The number of aliphatic hydroxyl groups excluding tert-OH is 1. The number of urea groups is 1. The quantitative estimate of drug-likeness (QED) is 0.540. The number of aromatic nitrogens is 1. The number of anilines is 1. The number of pyridine rings is 1. The predicted molar refractivity (Wildman–Crippen MR) is 136 cm³/mol. The van der Waals surface area contributed by atoms with Gasteiger partial charge in [0.2, 0.25) is 0 Å². The first-order valence-electron chi connectivity index (χ1n) is 12.1. The third kappa shape index (κ3) is 6.51. The minimum atomic E-state index is -0.427. The Morgan fingerprint density at radius 1 is 1.22 bits per heavy atom. The van der Waals surface area contributed by atoms with Crippen molar-refractivity contribution in [3.63, 3.8) is 0 Å². The fourth-order valence-electron chi connectivity index (χ4n) is 3.93. The summed E-state index contributed by atoms with van der Waals surface area (Å²) in [4.78, 5) is 45.7. The van der Waals surface area contributed by atoms with Crippen LogP contribution in [-0.2, 0) is 0 Å². The number of likely N-dealkylation sites (N-methyl/N-ethyl adjacent to an activating group) is 1. The molecule has 1 aliphatic rings. The van der Waals surface area contributed by atoms with Crippen LogP contribution in [-0.4, -0.2) is 82.7 Å². The highest BCUT2D eigenvalue weighted by Gasteiger charge is 2.34. The van der Waals surface area contributed by atoms with Crippen LogP contribution >= 0.6 is 0 Å². The first-order chi connectivity index (χ1) is 17.1. The number of nitrogens with one attached hydrogen (secondary N) is 2. The number of carbonyl (C=O) groups excluding carboxylic acids is 3. The maximum absolute atomic E-state index is 13.5. The van der Waals surface area contributed by atoms with Gasteiger partial charge in [0.25, 0.3) is 11.8 Å². The van der Waals surface area contributed by atoms with Crippen LogP contribution in [0.15, 0.2) is 42.7 Å². The van der Waals surface area contributed by atoms with Gasteiger partial charge in [-0.1, -0.05) is 6.92 Å². The van der Waals surface area contributed by atoms with Gasteiger partial charge in [-0.15, -0.1) is 0 Å². The van der Waals surface area contributed by atoms with E-state index in [0.29, 0.717) is 30.1 Å². The molecule has 3 N–H and O–H groups in total. The summed E-state index contributed by atoms with van der Waals surface area (Å²) in [6.45, 7) is 7.95. The molecule has 1 aliphatic heterocycles. The Morgan fingerprint density at radius 2 is 1.92 bits per heavy atom. The number of nitrogens with zero attached hydrogens (tertiary/aromatic N) is 3. The highest BCUT2D eigenvalue weighted by Crippen LogP contribution is 2.31. The third-order valence-electron chi connectivity index (χ3n) is 6.08. The van der Waals surface area contributed by atoms with Crippen LogP contribution in [0.1, 0.15) is 48.4 Å². The monoisotopic (exact) mass is 497 g/mol. The Labute approximate surface area is 211 Å². The zero-order chi connectivity index (χ0) is 26.4. The molecule has 10 heteroatoms. The number of amides is 4. The smallest absolute Gasteiger partial charge is 0.317 e. The molecule has 0 fully saturated rings. The van der Waals surface area contributed by atoms with E-state index < -0.39 is 12.1 Å². The van der Waals surface area contributed by atoms with Crippen molar-refractivity contribution in [1.29, 1.82) is 0 Å². The highest BCUT2D eigenvalue weighted by molar-refractivity contribution is 6.05. The molecule has 3 rings (SSSR count). The van der Waals surface area contributed by atoms with Gasteiger partial charge in [-0.3, -0.25) is 14.6 Å². The maximum atomic E-state index is 13.5. The lowest BCUT2D eigenvalue weighted by Crippen LogP contribution is -2.51. The second kappa shape index (κ2) is 11.9. The van der Waals surface area contributed by atoms with Crippen molar-refractivity contribution in [3.8, 4) is 5.75 Å². The van der Waals surface area contributed by atoms with E-state index in [9.17, 15) is 19.5 Å². The van der Waals surface area contributed by atoms with Crippen LogP contribution in [0.25, 0.3) is 0 Å². The Kier molecular flexibility index (Phi) is 8.87. The van der Waals surface area contributed by atoms with E-state index in [-0.39, 0.29) is 42.0 Å². The molecule has 4 amide bonds. The van der Waals surface area contributed by atoms with Crippen LogP contribution < -0.4 is 15.4 Å². The molecule has 36 heavy (non-hydrogen) atoms. The number of fused-ring (bicyclic) bond motifs is 1. The Balaban J connectivity index is 1.92. The fourth-order valence-corrected chi connectivity index (χ4v) is 3.93. The number of benzene rings is 1. The topological polar surface area (TPSA) is 124 Å². The predicted octanol–water partition coefficient (Wildman–Crippen LogP) is 2.60. The Bertz CT molecular complexity index is 1080. The molecular weight excluding hydrogens is 462 g/mol. The Morgan fingerprint density at radius 3 is 2.56 bits per heavy atom. The number of aliphatic hydroxyl groups is 1. The summed E-state index contributed by atoms with van der Waals surface area (Å²) >= 11 is 0. The van der Waals surface area contributed by atoms with E-state index in [1.165, 1.54) is 12.4 Å². The lowest BCUT2D eigenvalue weighted by atomic mass is 9.99. The zero-order valence-corrected chi connectivity index (χ0v) is 21.4. The maximum Gasteiger partial charge on any atom is 0.317 e. The summed E-state index contributed by atoms with van der Waals surface area (Å²) in [5.74, 6) is -0.410. The lowest BCUT2D eigenvalue weighted by Gasteiger charge is -2.38. The summed E-state index contributed by atoms with van der Waals surface area (Å²) in [7, 11) is 1.70. The minimum absolute atomic E-state index is 0.00403. The van der Waals surface area contributed by atoms with E-state index in [1.54, 1.807) is 54.1 Å². The molecule has 0 bridgehead atoms. The van der Waals surface area contributed by atoms with Crippen molar-refractivity contribution in [3.05, 3.63) is 53.9 Å². The minimum Gasteiger partial charge on any atom is -0.487 e. The zero-order valence-electron chi connectivity index (χ0n) is 21.4. The number of hydrogen-bond acceptors (Lipinski definition) is 6. The molecule has 194 valence electrons. The molecule has 0 radical (unpaired) electrons. The van der Waals surface area contributed by atoms with Crippen molar-refractivity contribution in [2.75, 3.05) is 32.1 Å². The van der Waals surface area contributed by atoms with Gasteiger partial charge in [0.15, 0.2) is 0 Å². The van der Waals surface area contributed by atoms with Gasteiger partial charge in [0.1, 0.15) is 11.9 Å². The molecule has 0 saturated carbocycles. The summed E-state index contributed by atoms with van der Waals surface area (Å²) in [6, 6.07) is 7.45. The average Bonchev–Trinajstić information content (AvgIpc) is 2.86. The molecule has 0 aliphatic carbocycles. The number of ether oxygens (including phenoxy) is 1. The summed E-state index contributed by atoms with van der Waals surface area (Å²) in [6.07, 6.45) is 2.65. The van der Waals surface area contributed by atoms with Gasteiger partial charge in [-0.2, -0.15) is 0 Å². The molecule has 1 aromatic carbocycles. The molecule has 0 unspecified atom stereocenters. The van der Waals surface area contributed by atoms with Gasteiger partial charge in [-0.25, -0.2) is 4.79 Å². The second-order valence-corrected chi connectivity index (χ2v) is 9.51. The summed E-state index contributed by atoms with van der Waals surface area (Å²) in [5, 5.41) is 15.5. The van der Waals surface area contributed by atoms with Gasteiger partial charge < -0.3 is 30.3 Å². The molecule has 3 atom stereocenters. The molecular formula is C26H35N5O5.